The van der Waals surface area contributed by atoms with E-state index in [9.17, 15) is 9.59 Å². The second-order valence-corrected chi connectivity index (χ2v) is 10.3. The van der Waals surface area contributed by atoms with Crippen molar-refractivity contribution in [1.29, 1.82) is 5.26 Å². The van der Waals surface area contributed by atoms with Gasteiger partial charge in [0.2, 0.25) is 0 Å². The van der Waals surface area contributed by atoms with Crippen molar-refractivity contribution in [2.24, 2.45) is 4.02 Å². The molecule has 0 saturated carbocycles. The zero-order valence-corrected chi connectivity index (χ0v) is 23.8. The highest BCUT2D eigenvalue weighted by molar-refractivity contribution is 9.08. The number of amidine groups is 1. The lowest BCUT2D eigenvalue weighted by Crippen LogP contribution is -2.31. The molecule has 0 fully saturated rings. The highest BCUT2D eigenvalue weighted by Crippen LogP contribution is 2.40. The monoisotopic (exact) mass is 569 g/mol. The fourth-order valence-electron chi connectivity index (χ4n) is 4.35. The zero-order chi connectivity index (χ0) is 27.5. The van der Waals surface area contributed by atoms with Gasteiger partial charge in [-0.3, -0.25) is 9.59 Å². The highest BCUT2D eigenvalue weighted by Gasteiger charge is 2.31. The number of halogens is 1. The molecule has 0 aliphatic carbocycles. The van der Waals surface area contributed by atoms with Gasteiger partial charge in [-0.15, -0.1) is 0 Å². The van der Waals surface area contributed by atoms with E-state index in [1.54, 1.807) is 20.2 Å². The molecule has 1 heterocycles. The Bertz CT molecular complexity index is 1290. The Morgan fingerprint density at radius 2 is 1.95 bits per heavy atom. The minimum absolute atomic E-state index is 0.0549. The molecule has 2 aromatic rings. The number of carbonyl (C=O) groups is 2. The van der Waals surface area contributed by atoms with Crippen LogP contribution in [-0.4, -0.2) is 63.8 Å². The number of ether oxygens (including phenoxy) is 2. The first kappa shape index (κ1) is 28.0. The van der Waals surface area contributed by atoms with E-state index in [4.69, 9.17) is 14.7 Å². The largest absolute Gasteiger partial charge is 0.493 e. The Morgan fingerprint density at radius 1 is 1.24 bits per heavy atom. The first-order valence-corrected chi connectivity index (χ1v) is 12.4. The van der Waals surface area contributed by atoms with Gasteiger partial charge in [-0.25, -0.2) is 0 Å². The number of fused-ring (bicyclic) bond motifs is 1. The Hall–Kier alpha value is -3.58. The maximum atomic E-state index is 13.6. The zero-order valence-electron chi connectivity index (χ0n) is 22.2. The molecule has 9 nitrogen and oxygen atoms in total. The summed E-state index contributed by atoms with van der Waals surface area (Å²) in [4.78, 5) is 29.9. The molecule has 0 saturated heterocycles. The standard InChI is InChI=1S/C27H32BrN5O4/c1-27(2,3)20-10-16(12-23(24(20)36-7)37-9-8-29)22(34)15-33-14-17-11-21(32(5)6)19(26(35)30-4)13-18(17)25(33)31-28/h10-13H,9,14-15H2,1-7H3,(H,30,35). The van der Waals surface area contributed by atoms with Crippen molar-refractivity contribution >= 4 is 39.4 Å². The van der Waals surface area contributed by atoms with Gasteiger partial charge >= 0.3 is 0 Å². The van der Waals surface area contributed by atoms with E-state index < -0.39 is 0 Å². The predicted octanol–water partition coefficient (Wildman–Crippen LogP) is 4.08. The Labute approximate surface area is 226 Å². The summed E-state index contributed by atoms with van der Waals surface area (Å²) in [5.41, 5.74) is 3.98. The van der Waals surface area contributed by atoms with Crippen LogP contribution < -0.4 is 19.7 Å². The number of nitriles is 1. The first-order valence-electron chi connectivity index (χ1n) is 11.7. The maximum Gasteiger partial charge on any atom is 0.253 e. The molecule has 0 unspecified atom stereocenters. The van der Waals surface area contributed by atoms with Crippen molar-refractivity contribution in [3.63, 3.8) is 0 Å². The Morgan fingerprint density at radius 3 is 2.49 bits per heavy atom. The normalized spacial score (nSPS) is 13.7. The summed E-state index contributed by atoms with van der Waals surface area (Å²) in [6.07, 6.45) is 0. The number of methoxy groups -OCH3 is 1. The van der Waals surface area contributed by atoms with Crippen molar-refractivity contribution in [3.05, 3.63) is 52.1 Å². The molecule has 196 valence electrons. The minimum atomic E-state index is -0.336. The lowest BCUT2D eigenvalue weighted by atomic mass is 9.84. The molecule has 0 spiro atoms. The van der Waals surface area contributed by atoms with Crippen LogP contribution in [0, 0.1) is 11.3 Å². The van der Waals surface area contributed by atoms with E-state index in [-0.39, 0.29) is 30.3 Å². The maximum absolute atomic E-state index is 13.6. The highest BCUT2D eigenvalue weighted by atomic mass is 79.9. The van der Waals surface area contributed by atoms with Crippen LogP contribution in [0.1, 0.15) is 58.2 Å². The summed E-state index contributed by atoms with van der Waals surface area (Å²) in [6, 6.07) is 9.18. The number of benzene rings is 2. The van der Waals surface area contributed by atoms with E-state index in [0.717, 1.165) is 22.4 Å². The van der Waals surface area contributed by atoms with Gasteiger partial charge in [0.05, 0.1) is 35.4 Å². The molecular formula is C27H32BrN5O4. The summed E-state index contributed by atoms with van der Waals surface area (Å²) in [7, 11) is 6.90. The van der Waals surface area contributed by atoms with E-state index in [2.05, 4.69) is 25.5 Å². The molecular weight excluding hydrogens is 538 g/mol. The molecule has 0 bridgehead atoms. The van der Waals surface area contributed by atoms with Crippen LogP contribution in [0.5, 0.6) is 11.5 Å². The van der Waals surface area contributed by atoms with E-state index >= 15 is 0 Å². The number of hydrogen-bond donors (Lipinski definition) is 1. The third kappa shape index (κ3) is 5.72. The van der Waals surface area contributed by atoms with Crippen molar-refractivity contribution in [2.45, 2.75) is 32.7 Å². The Kier molecular flexibility index (Phi) is 8.49. The molecule has 0 atom stereocenters. The third-order valence-corrected chi connectivity index (χ3v) is 6.51. The lowest BCUT2D eigenvalue weighted by Gasteiger charge is -2.25. The van der Waals surface area contributed by atoms with Crippen LogP contribution >= 0.6 is 16.1 Å². The molecule has 1 aliphatic heterocycles. The third-order valence-electron chi connectivity index (χ3n) is 6.17. The number of amides is 1. The molecule has 1 amide bonds. The second kappa shape index (κ2) is 11.2. The van der Waals surface area contributed by atoms with Gasteiger partial charge in [-0.05, 0) is 35.2 Å². The van der Waals surface area contributed by atoms with Gasteiger partial charge in [0.1, 0.15) is 11.9 Å². The van der Waals surface area contributed by atoms with Crippen LogP contribution in [0.25, 0.3) is 0 Å². The molecule has 1 aliphatic rings. The van der Waals surface area contributed by atoms with Gasteiger partial charge in [0.15, 0.2) is 23.9 Å². The number of nitrogens with one attached hydrogen (secondary N) is 1. The summed E-state index contributed by atoms with van der Waals surface area (Å²) in [5.74, 6) is 1.09. The number of anilines is 1. The number of hydrogen-bond acceptors (Lipinski definition) is 7. The fourth-order valence-corrected chi connectivity index (χ4v) is 4.77. The van der Waals surface area contributed by atoms with Crippen LogP contribution in [0.15, 0.2) is 28.3 Å². The average Bonchev–Trinajstić information content (AvgIpc) is 3.20. The molecule has 10 heteroatoms. The molecule has 3 rings (SSSR count). The predicted molar refractivity (Wildman–Crippen MR) is 147 cm³/mol. The van der Waals surface area contributed by atoms with E-state index in [1.807, 2.05) is 68.9 Å². The number of Topliss-reactive ketones (excluding diaryl/α,β-unsaturated/α-hetero) is 1. The summed E-state index contributed by atoms with van der Waals surface area (Å²) < 4.78 is 15.5. The molecule has 0 radical (unpaired) electrons. The van der Waals surface area contributed by atoms with Gasteiger partial charge in [-0.1, -0.05) is 20.8 Å². The van der Waals surface area contributed by atoms with Crippen LogP contribution in [0.4, 0.5) is 5.69 Å². The topological polar surface area (TPSA) is 107 Å². The molecule has 2 aromatic carbocycles. The lowest BCUT2D eigenvalue weighted by molar-refractivity contribution is 0.0955. The van der Waals surface area contributed by atoms with E-state index in [0.29, 0.717) is 35.0 Å². The average molecular weight is 570 g/mol. The van der Waals surface area contributed by atoms with Crippen LogP contribution in [0.2, 0.25) is 0 Å². The van der Waals surface area contributed by atoms with Crippen molar-refractivity contribution in [1.82, 2.24) is 10.2 Å². The van der Waals surface area contributed by atoms with Gasteiger partial charge < -0.3 is 24.6 Å². The van der Waals surface area contributed by atoms with Crippen LogP contribution in [0.3, 0.4) is 0 Å². The number of carbonyl (C=O) groups excluding carboxylic acids is 2. The second-order valence-electron chi connectivity index (χ2n) is 9.94. The molecule has 37 heavy (non-hydrogen) atoms. The Balaban J connectivity index is 2.00. The first-order chi connectivity index (χ1) is 17.5. The molecule has 0 aromatic heterocycles. The molecule has 1 N–H and O–H groups in total. The number of ketones is 1. The van der Waals surface area contributed by atoms with Gasteiger partial charge in [0.25, 0.3) is 5.91 Å². The smallest absolute Gasteiger partial charge is 0.253 e. The van der Waals surface area contributed by atoms with Gasteiger partial charge in [0, 0.05) is 50.1 Å². The fraction of sp³-hybridized carbons (Fsp3) is 0.407. The SMILES string of the molecule is CNC(=O)c1cc2c(cc1N(C)C)CN(CC(=O)c1cc(OCC#N)c(OC)c(C(C)(C)C)c1)C2=NBr. The van der Waals surface area contributed by atoms with E-state index in [1.165, 1.54) is 0 Å². The number of rotatable bonds is 8. The summed E-state index contributed by atoms with van der Waals surface area (Å²) in [5, 5.41) is 11.7. The summed E-state index contributed by atoms with van der Waals surface area (Å²) >= 11 is 3.21. The van der Waals surface area contributed by atoms with Gasteiger partial charge in [-0.2, -0.15) is 9.28 Å². The van der Waals surface area contributed by atoms with Crippen molar-refractivity contribution < 1.29 is 19.1 Å². The van der Waals surface area contributed by atoms with Crippen molar-refractivity contribution in [3.8, 4) is 17.6 Å². The van der Waals surface area contributed by atoms with Crippen LogP contribution in [-0.2, 0) is 12.0 Å². The minimum Gasteiger partial charge on any atom is -0.493 e. The quantitative estimate of drug-likeness (QED) is 0.477. The van der Waals surface area contributed by atoms with Crippen molar-refractivity contribution in [2.75, 3.05) is 46.3 Å². The number of nitrogens with zero attached hydrogens (tertiary/aromatic N) is 4. The summed E-state index contributed by atoms with van der Waals surface area (Å²) in [6.45, 7) is 6.41.